The van der Waals surface area contributed by atoms with E-state index < -0.39 is 5.97 Å². The normalized spacial score (nSPS) is 10.7. The van der Waals surface area contributed by atoms with Crippen molar-refractivity contribution < 1.29 is 9.53 Å². The van der Waals surface area contributed by atoms with Crippen LogP contribution in [0.5, 0.6) is 0 Å². The fourth-order valence-corrected chi connectivity index (χ4v) is 1.44. The van der Waals surface area contributed by atoms with Gasteiger partial charge in [0, 0.05) is 16.0 Å². The molecule has 0 aliphatic rings. The van der Waals surface area contributed by atoms with E-state index >= 15 is 0 Å². The summed E-state index contributed by atoms with van der Waals surface area (Å²) in [5.41, 5.74) is 9.69. The number of hydrogen-bond donors (Lipinski definition) is 0. The minimum Gasteiger partial charge on any atom is -0.463 e. The van der Waals surface area contributed by atoms with Gasteiger partial charge in [-0.3, -0.25) is 0 Å². The molecular weight excluding hydrogens is 254 g/mol. The zero-order chi connectivity index (χ0) is 13.4. The molecule has 0 heterocycles. The first-order valence-corrected chi connectivity index (χ1v) is 5.69. The Bertz CT molecular complexity index is 491. The molecule has 94 valence electrons. The molecule has 0 aliphatic carbocycles. The van der Waals surface area contributed by atoms with E-state index in [1.165, 1.54) is 6.08 Å². The van der Waals surface area contributed by atoms with Gasteiger partial charge in [0.05, 0.1) is 13.2 Å². The second-order valence-electron chi connectivity index (χ2n) is 3.32. The lowest BCUT2D eigenvalue weighted by Gasteiger charge is -2.05. The summed E-state index contributed by atoms with van der Waals surface area (Å²) in [7, 11) is 0. The molecule has 0 aliphatic heterocycles. The van der Waals surface area contributed by atoms with Crippen LogP contribution in [0.4, 0.5) is 0 Å². The molecule has 0 unspecified atom stereocenters. The van der Waals surface area contributed by atoms with E-state index in [0.29, 0.717) is 17.2 Å². The summed E-state index contributed by atoms with van der Waals surface area (Å²) < 4.78 is 4.82. The Kier molecular flexibility index (Phi) is 5.77. The molecule has 0 atom stereocenters. The molecule has 0 bridgehead atoms. The Morgan fingerprint density at radius 2 is 2.17 bits per heavy atom. The van der Waals surface area contributed by atoms with Crippen molar-refractivity contribution in [2.45, 2.75) is 6.92 Å². The largest absolute Gasteiger partial charge is 0.463 e. The van der Waals surface area contributed by atoms with E-state index in [2.05, 4.69) is 10.0 Å². The summed E-state index contributed by atoms with van der Waals surface area (Å²) >= 11 is 5.78. The molecule has 1 rings (SSSR count). The number of carbonyl (C=O) groups excluding carboxylic acids is 1. The van der Waals surface area contributed by atoms with Crippen LogP contribution in [-0.4, -0.2) is 19.1 Å². The number of hydrogen-bond acceptors (Lipinski definition) is 3. The fraction of sp³-hybridized carbons (Fsp3) is 0.250. The summed E-state index contributed by atoms with van der Waals surface area (Å²) in [4.78, 5) is 14.1. The fourth-order valence-electron chi connectivity index (χ4n) is 1.32. The number of carbonyl (C=O) groups is 1. The van der Waals surface area contributed by atoms with Crippen molar-refractivity contribution in [2.75, 3.05) is 13.2 Å². The SMILES string of the molecule is CCOC(=O)/C=C(\CN=[N+]=[N-])c1ccc(Cl)cc1. The van der Waals surface area contributed by atoms with Crippen molar-refractivity contribution in [1.82, 2.24) is 0 Å². The van der Waals surface area contributed by atoms with Crippen LogP contribution in [0.2, 0.25) is 5.02 Å². The summed E-state index contributed by atoms with van der Waals surface area (Å²) in [5, 5.41) is 4.05. The lowest BCUT2D eigenvalue weighted by atomic mass is 10.1. The molecule has 0 spiro atoms. The van der Waals surface area contributed by atoms with Crippen LogP contribution in [0.25, 0.3) is 16.0 Å². The minimum atomic E-state index is -0.462. The average Bonchev–Trinajstić information content (AvgIpc) is 2.36. The molecule has 1 aromatic rings. The van der Waals surface area contributed by atoms with E-state index in [9.17, 15) is 4.79 Å². The zero-order valence-electron chi connectivity index (χ0n) is 9.84. The topological polar surface area (TPSA) is 75.1 Å². The maximum atomic E-state index is 11.4. The van der Waals surface area contributed by atoms with E-state index in [1.807, 2.05) is 0 Å². The summed E-state index contributed by atoms with van der Waals surface area (Å²) in [6, 6.07) is 6.90. The predicted molar refractivity (Wildman–Crippen MR) is 70.1 cm³/mol. The van der Waals surface area contributed by atoms with E-state index in [0.717, 1.165) is 5.56 Å². The Hall–Kier alpha value is -1.97. The number of rotatable bonds is 5. The number of benzene rings is 1. The molecule has 18 heavy (non-hydrogen) atoms. The third-order valence-electron chi connectivity index (χ3n) is 2.10. The van der Waals surface area contributed by atoms with Crippen molar-refractivity contribution in [3.8, 4) is 0 Å². The van der Waals surface area contributed by atoms with Crippen molar-refractivity contribution in [3.63, 3.8) is 0 Å². The van der Waals surface area contributed by atoms with E-state index in [-0.39, 0.29) is 6.54 Å². The van der Waals surface area contributed by atoms with Crippen LogP contribution in [0.1, 0.15) is 12.5 Å². The van der Waals surface area contributed by atoms with Crippen LogP contribution >= 0.6 is 11.6 Å². The lowest BCUT2D eigenvalue weighted by molar-refractivity contribution is -0.137. The zero-order valence-corrected chi connectivity index (χ0v) is 10.6. The highest BCUT2D eigenvalue weighted by Gasteiger charge is 2.05. The van der Waals surface area contributed by atoms with Gasteiger partial charge in [-0.25, -0.2) is 4.79 Å². The average molecular weight is 266 g/mol. The summed E-state index contributed by atoms with van der Waals surface area (Å²) in [6.07, 6.45) is 1.32. The van der Waals surface area contributed by atoms with Gasteiger partial charge in [-0.05, 0) is 35.7 Å². The Morgan fingerprint density at radius 3 is 2.72 bits per heavy atom. The molecule has 0 amide bonds. The van der Waals surface area contributed by atoms with Crippen molar-refractivity contribution in [1.29, 1.82) is 0 Å². The molecular formula is C12H12ClN3O2. The molecule has 0 fully saturated rings. The van der Waals surface area contributed by atoms with Gasteiger partial charge in [-0.2, -0.15) is 0 Å². The number of halogens is 1. The number of ether oxygens (including phenoxy) is 1. The van der Waals surface area contributed by atoms with Crippen LogP contribution in [-0.2, 0) is 9.53 Å². The second kappa shape index (κ2) is 7.37. The molecule has 0 saturated heterocycles. The van der Waals surface area contributed by atoms with Gasteiger partial charge in [0.15, 0.2) is 0 Å². The summed E-state index contributed by atoms with van der Waals surface area (Å²) in [6.45, 7) is 2.10. The molecule has 1 aromatic carbocycles. The first-order chi connectivity index (χ1) is 8.67. The Morgan fingerprint density at radius 1 is 1.50 bits per heavy atom. The van der Waals surface area contributed by atoms with Gasteiger partial charge < -0.3 is 4.74 Å². The van der Waals surface area contributed by atoms with Crippen LogP contribution in [0.15, 0.2) is 35.5 Å². The lowest BCUT2D eigenvalue weighted by Crippen LogP contribution is -2.02. The molecule has 5 nitrogen and oxygen atoms in total. The van der Waals surface area contributed by atoms with Crippen molar-refractivity contribution in [2.24, 2.45) is 5.11 Å². The third-order valence-corrected chi connectivity index (χ3v) is 2.35. The van der Waals surface area contributed by atoms with Gasteiger partial charge in [-0.15, -0.1) is 0 Å². The quantitative estimate of drug-likeness (QED) is 0.268. The van der Waals surface area contributed by atoms with Crippen LogP contribution < -0.4 is 0 Å². The van der Waals surface area contributed by atoms with Gasteiger partial charge in [0.25, 0.3) is 0 Å². The van der Waals surface area contributed by atoms with Gasteiger partial charge in [-0.1, -0.05) is 28.8 Å². The monoisotopic (exact) mass is 265 g/mol. The van der Waals surface area contributed by atoms with Crippen LogP contribution in [0.3, 0.4) is 0 Å². The molecule has 0 N–H and O–H groups in total. The maximum absolute atomic E-state index is 11.4. The number of nitrogens with zero attached hydrogens (tertiary/aromatic N) is 3. The smallest absolute Gasteiger partial charge is 0.331 e. The van der Waals surface area contributed by atoms with Crippen molar-refractivity contribution >= 4 is 23.1 Å². The molecule has 0 radical (unpaired) electrons. The number of azide groups is 1. The first-order valence-electron chi connectivity index (χ1n) is 5.31. The number of esters is 1. The van der Waals surface area contributed by atoms with Gasteiger partial charge in [0.2, 0.25) is 0 Å². The Labute approximate surface area is 110 Å². The van der Waals surface area contributed by atoms with Crippen molar-refractivity contribution in [3.05, 3.63) is 51.4 Å². The standard InChI is InChI=1S/C12H12ClN3O2/c1-2-18-12(17)7-10(8-15-16-14)9-3-5-11(13)6-4-9/h3-7H,2,8H2,1H3/b10-7+. The predicted octanol–water partition coefficient (Wildman–Crippen LogP) is 3.60. The Balaban J connectivity index is 3.00. The first kappa shape index (κ1) is 14.1. The maximum Gasteiger partial charge on any atom is 0.331 e. The molecule has 0 saturated carbocycles. The molecule has 6 heteroatoms. The second-order valence-corrected chi connectivity index (χ2v) is 3.75. The highest BCUT2D eigenvalue weighted by molar-refractivity contribution is 6.30. The van der Waals surface area contributed by atoms with Gasteiger partial charge in [0.1, 0.15) is 0 Å². The highest BCUT2D eigenvalue weighted by atomic mass is 35.5. The van der Waals surface area contributed by atoms with Gasteiger partial charge >= 0.3 is 5.97 Å². The van der Waals surface area contributed by atoms with Crippen LogP contribution in [0, 0.1) is 0 Å². The highest BCUT2D eigenvalue weighted by Crippen LogP contribution is 2.18. The molecule has 0 aromatic heterocycles. The summed E-state index contributed by atoms with van der Waals surface area (Å²) in [5.74, 6) is -0.462. The van der Waals surface area contributed by atoms with E-state index in [4.69, 9.17) is 21.9 Å². The third kappa shape index (κ3) is 4.49. The minimum absolute atomic E-state index is 0.0803. The van der Waals surface area contributed by atoms with E-state index in [1.54, 1.807) is 31.2 Å².